The number of amides is 4. The number of nitrogens with one attached hydrogen (secondary N) is 2. The van der Waals surface area contributed by atoms with E-state index in [0.717, 1.165) is 23.5 Å². The largest absolute Gasteiger partial charge is 0.325 e. The molecule has 2 aliphatic rings. The molecule has 0 radical (unpaired) electrons. The van der Waals surface area contributed by atoms with Crippen molar-refractivity contribution >= 4 is 23.5 Å². The van der Waals surface area contributed by atoms with Crippen LogP contribution in [-0.4, -0.2) is 34.8 Å². The lowest BCUT2D eigenvalue weighted by Crippen LogP contribution is -2.54. The number of hydrogen-bond donors (Lipinski definition) is 2. The molecule has 2 atom stereocenters. The highest BCUT2D eigenvalue weighted by Crippen LogP contribution is 2.46. The van der Waals surface area contributed by atoms with Crippen LogP contribution >= 0.6 is 0 Å². The predicted molar refractivity (Wildman–Crippen MR) is 94.8 cm³/mol. The number of benzene rings is 1. The number of para-hydroxylation sites is 1. The van der Waals surface area contributed by atoms with Crippen molar-refractivity contribution in [1.29, 1.82) is 0 Å². The predicted octanol–water partition coefficient (Wildman–Crippen LogP) is 3.04. The van der Waals surface area contributed by atoms with Gasteiger partial charge in [0.25, 0.3) is 5.91 Å². The fourth-order valence-corrected chi connectivity index (χ4v) is 4.59. The zero-order valence-electron chi connectivity index (χ0n) is 15.6. The quantitative estimate of drug-likeness (QED) is 0.793. The molecule has 1 saturated heterocycles. The second-order valence-electron chi connectivity index (χ2n) is 8.40. The Morgan fingerprint density at radius 2 is 1.89 bits per heavy atom. The Hall–Kier alpha value is -2.51. The average molecular weight is 379 g/mol. The third-order valence-corrected chi connectivity index (χ3v) is 5.15. The number of hydrogen-bond acceptors (Lipinski definition) is 3. The van der Waals surface area contributed by atoms with E-state index in [4.69, 9.17) is 0 Å². The molecule has 27 heavy (non-hydrogen) atoms. The molecule has 1 saturated carbocycles. The normalized spacial score (nSPS) is 27.0. The molecule has 146 valence electrons. The summed E-state index contributed by atoms with van der Waals surface area (Å²) in [7, 11) is 0. The van der Waals surface area contributed by atoms with Gasteiger partial charge in [-0.15, -0.1) is 0 Å². The van der Waals surface area contributed by atoms with Crippen molar-refractivity contribution in [3.63, 3.8) is 0 Å². The van der Waals surface area contributed by atoms with Gasteiger partial charge in [0, 0.05) is 0 Å². The summed E-state index contributed by atoms with van der Waals surface area (Å²) in [6, 6.07) is 2.53. The number of anilines is 1. The van der Waals surface area contributed by atoms with E-state index in [0.29, 0.717) is 12.8 Å². The fourth-order valence-electron chi connectivity index (χ4n) is 4.59. The van der Waals surface area contributed by atoms with Gasteiger partial charge in [-0.25, -0.2) is 13.6 Å². The molecule has 1 aromatic carbocycles. The second-order valence-corrected chi connectivity index (χ2v) is 8.40. The molecule has 2 N–H and O–H groups in total. The lowest BCUT2D eigenvalue weighted by molar-refractivity contribution is -0.136. The molecule has 8 heteroatoms. The number of urea groups is 1. The number of imide groups is 1. The molecule has 6 nitrogen and oxygen atoms in total. The molecule has 0 unspecified atom stereocenters. The summed E-state index contributed by atoms with van der Waals surface area (Å²) in [6.07, 6.45) is 1.92. The molecule has 1 spiro atoms. The van der Waals surface area contributed by atoms with Crippen LogP contribution in [0.25, 0.3) is 0 Å². The molecule has 3 rings (SSSR count). The van der Waals surface area contributed by atoms with Crippen molar-refractivity contribution in [2.45, 2.75) is 45.6 Å². The van der Waals surface area contributed by atoms with E-state index >= 15 is 0 Å². The maximum atomic E-state index is 13.7. The van der Waals surface area contributed by atoms with Crippen LogP contribution in [0.3, 0.4) is 0 Å². The molecule has 0 bridgehead atoms. The monoisotopic (exact) mass is 379 g/mol. The van der Waals surface area contributed by atoms with Gasteiger partial charge in [0.15, 0.2) is 0 Å². The van der Waals surface area contributed by atoms with Crippen molar-refractivity contribution in [2.24, 2.45) is 11.3 Å². The topological polar surface area (TPSA) is 78.5 Å². The van der Waals surface area contributed by atoms with Crippen LogP contribution < -0.4 is 10.6 Å². The Balaban J connectivity index is 1.75. The Kier molecular flexibility index (Phi) is 4.69. The van der Waals surface area contributed by atoms with Crippen LogP contribution in [0.4, 0.5) is 19.3 Å². The first kappa shape index (κ1) is 19.3. The summed E-state index contributed by atoms with van der Waals surface area (Å²) in [5.74, 6) is -2.93. The zero-order chi connectivity index (χ0) is 20.0. The van der Waals surface area contributed by atoms with Gasteiger partial charge in [-0.3, -0.25) is 14.5 Å². The SMILES string of the molecule is C[C@@H]1CC(C)(C)C[C@]2(C1)NC(=O)N(CC(=O)Nc1c(F)cccc1F)C2=O. The number of nitrogens with zero attached hydrogens (tertiary/aromatic N) is 1. The summed E-state index contributed by atoms with van der Waals surface area (Å²) in [4.78, 5) is 38.4. The van der Waals surface area contributed by atoms with Crippen molar-refractivity contribution in [1.82, 2.24) is 10.2 Å². The lowest BCUT2D eigenvalue weighted by Gasteiger charge is -2.43. The van der Waals surface area contributed by atoms with Gasteiger partial charge in [0.2, 0.25) is 5.91 Å². The molecule has 1 heterocycles. The van der Waals surface area contributed by atoms with Gasteiger partial charge < -0.3 is 10.6 Å². The van der Waals surface area contributed by atoms with Crippen molar-refractivity contribution < 1.29 is 23.2 Å². The van der Waals surface area contributed by atoms with E-state index in [1.54, 1.807) is 0 Å². The van der Waals surface area contributed by atoms with Crippen LogP contribution in [0.1, 0.15) is 40.0 Å². The third-order valence-electron chi connectivity index (χ3n) is 5.15. The highest BCUT2D eigenvalue weighted by molar-refractivity contribution is 6.10. The minimum Gasteiger partial charge on any atom is -0.323 e. The van der Waals surface area contributed by atoms with E-state index in [-0.39, 0.29) is 11.3 Å². The first-order chi connectivity index (χ1) is 12.5. The van der Waals surface area contributed by atoms with Crippen molar-refractivity contribution in [3.8, 4) is 0 Å². The van der Waals surface area contributed by atoms with E-state index in [9.17, 15) is 23.2 Å². The van der Waals surface area contributed by atoms with Crippen LogP contribution in [0, 0.1) is 23.0 Å². The first-order valence-electron chi connectivity index (χ1n) is 8.91. The molecule has 2 fully saturated rings. The van der Waals surface area contributed by atoms with Gasteiger partial charge in [-0.1, -0.05) is 26.8 Å². The van der Waals surface area contributed by atoms with Crippen LogP contribution in [0.5, 0.6) is 0 Å². The number of rotatable bonds is 3. The molecule has 1 aliphatic carbocycles. The molecule has 1 aliphatic heterocycles. The smallest absolute Gasteiger partial charge is 0.323 e. The Bertz CT molecular complexity index is 791. The van der Waals surface area contributed by atoms with Gasteiger partial charge in [0.05, 0.1) is 0 Å². The lowest BCUT2D eigenvalue weighted by atomic mass is 9.64. The van der Waals surface area contributed by atoms with Crippen molar-refractivity contribution in [2.75, 3.05) is 11.9 Å². The summed E-state index contributed by atoms with van der Waals surface area (Å²) in [6.45, 7) is 5.51. The highest BCUT2D eigenvalue weighted by atomic mass is 19.1. The molecule has 4 amide bonds. The minimum absolute atomic E-state index is 0.130. The first-order valence-corrected chi connectivity index (χ1v) is 8.91. The van der Waals surface area contributed by atoms with Crippen molar-refractivity contribution in [3.05, 3.63) is 29.8 Å². The Morgan fingerprint density at radius 1 is 1.26 bits per heavy atom. The van der Waals surface area contributed by atoms with Crippen LogP contribution in [0.2, 0.25) is 0 Å². The number of carbonyl (C=O) groups excluding carboxylic acids is 3. The van der Waals surface area contributed by atoms with E-state index < -0.39 is 47.3 Å². The summed E-state index contributed by atoms with van der Waals surface area (Å²) in [5, 5.41) is 4.86. The standard InChI is InChI=1S/C19H23F2N3O3/c1-11-7-18(2,3)10-19(8-11)16(26)24(17(27)23-19)9-14(25)22-15-12(20)5-4-6-13(15)21/h4-6,11H,7-10H2,1-3H3,(H,22,25)(H,23,27)/t11-,19+/m1/s1. The number of carbonyl (C=O) groups is 3. The Morgan fingerprint density at radius 3 is 2.48 bits per heavy atom. The fraction of sp³-hybridized carbons (Fsp3) is 0.526. The second kappa shape index (κ2) is 6.58. The maximum absolute atomic E-state index is 13.7. The highest BCUT2D eigenvalue weighted by Gasteiger charge is 2.56. The summed E-state index contributed by atoms with van der Waals surface area (Å²) < 4.78 is 27.4. The van der Waals surface area contributed by atoms with Gasteiger partial charge in [-0.2, -0.15) is 0 Å². The molecular formula is C19H23F2N3O3. The van der Waals surface area contributed by atoms with Gasteiger partial charge in [-0.05, 0) is 42.7 Å². The van der Waals surface area contributed by atoms with Crippen LogP contribution in [-0.2, 0) is 9.59 Å². The van der Waals surface area contributed by atoms with Crippen LogP contribution in [0.15, 0.2) is 18.2 Å². The summed E-state index contributed by atoms with van der Waals surface area (Å²) >= 11 is 0. The maximum Gasteiger partial charge on any atom is 0.325 e. The van der Waals surface area contributed by atoms with E-state index in [1.807, 2.05) is 20.8 Å². The van der Waals surface area contributed by atoms with Gasteiger partial charge in [0.1, 0.15) is 29.4 Å². The summed E-state index contributed by atoms with van der Waals surface area (Å²) in [5.41, 5.74) is -1.76. The molecular weight excluding hydrogens is 356 g/mol. The Labute approximate surface area is 156 Å². The third kappa shape index (κ3) is 3.65. The van der Waals surface area contributed by atoms with E-state index in [1.165, 1.54) is 6.07 Å². The molecule has 0 aromatic heterocycles. The average Bonchev–Trinajstić information content (AvgIpc) is 2.72. The van der Waals surface area contributed by atoms with E-state index in [2.05, 4.69) is 10.6 Å². The minimum atomic E-state index is -1.03. The number of halogens is 2. The molecule has 1 aromatic rings. The van der Waals surface area contributed by atoms with Gasteiger partial charge >= 0.3 is 6.03 Å². The zero-order valence-corrected chi connectivity index (χ0v) is 15.6.